The van der Waals surface area contributed by atoms with Crippen LogP contribution in [0, 0.1) is 0 Å². The number of aromatic nitrogens is 2. The van der Waals surface area contributed by atoms with E-state index >= 15 is 0 Å². The zero-order valence-electron chi connectivity index (χ0n) is 14.1. The number of sulfonamides is 1. The van der Waals surface area contributed by atoms with E-state index in [1.165, 1.54) is 11.3 Å². The van der Waals surface area contributed by atoms with Gasteiger partial charge in [0.25, 0.3) is 0 Å². The molecule has 2 aromatic rings. The molecule has 0 unspecified atom stereocenters. The minimum absolute atomic E-state index is 0.0275. The number of rotatable bonds is 6. The third-order valence-corrected chi connectivity index (χ3v) is 7.83. The van der Waals surface area contributed by atoms with Gasteiger partial charge in [-0.1, -0.05) is 11.2 Å². The highest BCUT2D eigenvalue weighted by molar-refractivity contribution is 7.91. The topological polar surface area (TPSA) is 88.3 Å². The molecule has 1 N–H and O–H groups in total. The Hall–Kier alpha value is -1.29. The second kappa shape index (κ2) is 6.79. The van der Waals surface area contributed by atoms with Gasteiger partial charge in [0.05, 0.1) is 6.04 Å². The van der Waals surface area contributed by atoms with Crippen molar-refractivity contribution >= 4 is 21.4 Å². The average molecular weight is 383 g/mol. The van der Waals surface area contributed by atoms with Crippen molar-refractivity contribution in [3.63, 3.8) is 0 Å². The summed E-state index contributed by atoms with van der Waals surface area (Å²) in [6.45, 7) is 3.68. The number of hydrogen-bond donors (Lipinski definition) is 1. The molecule has 2 fully saturated rings. The Morgan fingerprint density at radius 3 is 2.72 bits per heavy atom. The summed E-state index contributed by atoms with van der Waals surface area (Å²) in [7, 11) is -3.40. The average Bonchev–Trinajstić information content (AvgIpc) is 3.11. The van der Waals surface area contributed by atoms with E-state index in [0.29, 0.717) is 16.0 Å². The summed E-state index contributed by atoms with van der Waals surface area (Å²) in [5.41, 5.74) is 0. The van der Waals surface area contributed by atoms with Crippen molar-refractivity contribution < 1.29 is 12.9 Å². The SMILES string of the molecule is C[C@H](c1nc(C2CC2)no1)N1CCC(NS(=O)(=O)c2cccs2)CC1. The fourth-order valence-electron chi connectivity index (χ4n) is 3.18. The maximum Gasteiger partial charge on any atom is 0.250 e. The van der Waals surface area contributed by atoms with Crippen LogP contribution >= 0.6 is 11.3 Å². The van der Waals surface area contributed by atoms with E-state index in [0.717, 1.165) is 44.6 Å². The quantitative estimate of drug-likeness (QED) is 0.826. The first kappa shape index (κ1) is 17.1. The number of hydrogen-bond acceptors (Lipinski definition) is 7. The molecule has 0 radical (unpaired) electrons. The summed E-state index contributed by atoms with van der Waals surface area (Å²) >= 11 is 1.24. The third-order valence-electron chi connectivity index (χ3n) is 4.92. The molecule has 9 heteroatoms. The molecule has 0 spiro atoms. The van der Waals surface area contributed by atoms with Gasteiger partial charge in [0.15, 0.2) is 5.82 Å². The molecule has 1 saturated heterocycles. The first-order valence-electron chi connectivity index (χ1n) is 8.66. The molecule has 1 saturated carbocycles. The highest BCUT2D eigenvalue weighted by Gasteiger charge is 2.32. The Balaban J connectivity index is 1.33. The van der Waals surface area contributed by atoms with Crippen LogP contribution in [0.25, 0.3) is 0 Å². The molecule has 25 heavy (non-hydrogen) atoms. The Morgan fingerprint density at radius 1 is 1.32 bits per heavy atom. The number of nitrogens with one attached hydrogen (secondary N) is 1. The van der Waals surface area contributed by atoms with Gasteiger partial charge in [-0.2, -0.15) is 4.98 Å². The summed E-state index contributed by atoms with van der Waals surface area (Å²) in [5, 5.41) is 5.86. The number of nitrogens with zero attached hydrogens (tertiary/aromatic N) is 3. The third kappa shape index (κ3) is 3.79. The molecule has 136 valence electrons. The van der Waals surface area contributed by atoms with Gasteiger partial charge in [-0.3, -0.25) is 4.90 Å². The molecule has 2 aliphatic rings. The summed E-state index contributed by atoms with van der Waals surface area (Å²) in [6, 6.07) is 3.43. The van der Waals surface area contributed by atoms with E-state index in [1.54, 1.807) is 17.5 Å². The van der Waals surface area contributed by atoms with E-state index in [4.69, 9.17) is 4.52 Å². The Kier molecular flexibility index (Phi) is 4.65. The van der Waals surface area contributed by atoms with Crippen molar-refractivity contribution in [1.82, 2.24) is 19.8 Å². The summed E-state index contributed by atoms with van der Waals surface area (Å²) in [5.74, 6) is 1.99. The maximum atomic E-state index is 12.3. The smallest absolute Gasteiger partial charge is 0.250 e. The number of thiophene rings is 1. The second-order valence-electron chi connectivity index (χ2n) is 6.80. The largest absolute Gasteiger partial charge is 0.338 e. The molecular weight excluding hydrogens is 360 g/mol. The zero-order valence-corrected chi connectivity index (χ0v) is 15.7. The fraction of sp³-hybridized carbons (Fsp3) is 0.625. The predicted octanol–water partition coefficient (Wildman–Crippen LogP) is 2.51. The molecule has 4 rings (SSSR count). The summed E-state index contributed by atoms with van der Waals surface area (Å²) in [4.78, 5) is 6.81. The van der Waals surface area contributed by atoms with Crippen LogP contribution in [0.5, 0.6) is 0 Å². The molecule has 0 bridgehead atoms. The Bertz CT molecular complexity index is 806. The zero-order chi connectivity index (χ0) is 17.4. The van der Waals surface area contributed by atoms with Crippen molar-refractivity contribution in [3.8, 4) is 0 Å². The molecule has 7 nitrogen and oxygen atoms in total. The van der Waals surface area contributed by atoms with Crippen LogP contribution < -0.4 is 4.72 Å². The van der Waals surface area contributed by atoms with Gasteiger partial charge in [0, 0.05) is 25.0 Å². The Morgan fingerprint density at radius 2 is 2.08 bits per heavy atom. The monoisotopic (exact) mass is 382 g/mol. The fourth-order valence-corrected chi connectivity index (χ4v) is 5.49. The molecule has 3 heterocycles. The van der Waals surface area contributed by atoms with Gasteiger partial charge < -0.3 is 4.52 Å². The minimum Gasteiger partial charge on any atom is -0.338 e. The van der Waals surface area contributed by atoms with Crippen LogP contribution in [0.3, 0.4) is 0 Å². The van der Waals surface area contributed by atoms with Crippen LogP contribution in [0.15, 0.2) is 26.2 Å². The van der Waals surface area contributed by atoms with Crippen molar-refractivity contribution in [2.24, 2.45) is 0 Å². The van der Waals surface area contributed by atoms with E-state index in [9.17, 15) is 8.42 Å². The first-order valence-corrected chi connectivity index (χ1v) is 11.0. The van der Waals surface area contributed by atoms with Crippen molar-refractivity contribution in [1.29, 1.82) is 0 Å². The molecular formula is C16H22N4O3S2. The van der Waals surface area contributed by atoms with Crippen molar-refractivity contribution in [2.75, 3.05) is 13.1 Å². The maximum absolute atomic E-state index is 12.3. The van der Waals surface area contributed by atoms with Crippen molar-refractivity contribution in [2.45, 2.75) is 54.8 Å². The molecule has 1 atom stereocenters. The lowest BCUT2D eigenvalue weighted by Crippen LogP contribution is -2.45. The molecule has 1 aliphatic heterocycles. The van der Waals surface area contributed by atoms with Crippen LogP contribution in [-0.4, -0.2) is 42.6 Å². The van der Waals surface area contributed by atoms with E-state index in [1.807, 2.05) is 0 Å². The van der Waals surface area contributed by atoms with Gasteiger partial charge in [-0.25, -0.2) is 13.1 Å². The van der Waals surface area contributed by atoms with Gasteiger partial charge in [-0.05, 0) is 44.1 Å². The molecule has 0 aromatic carbocycles. The molecule has 0 amide bonds. The van der Waals surface area contributed by atoms with E-state index in [-0.39, 0.29) is 12.1 Å². The number of likely N-dealkylation sites (tertiary alicyclic amines) is 1. The predicted molar refractivity (Wildman–Crippen MR) is 93.9 cm³/mol. The lowest BCUT2D eigenvalue weighted by molar-refractivity contribution is 0.134. The van der Waals surface area contributed by atoms with Crippen LogP contribution in [0.2, 0.25) is 0 Å². The van der Waals surface area contributed by atoms with Crippen LogP contribution in [-0.2, 0) is 10.0 Å². The standard InChI is InChI=1S/C16H22N4O3S2/c1-11(16-17-15(18-23-16)12-4-5-12)20-8-6-13(7-9-20)19-25(21,22)14-3-2-10-24-14/h2-3,10-13,19H,4-9H2,1H3/t11-/m1/s1. The lowest BCUT2D eigenvalue weighted by atomic mass is 10.0. The van der Waals surface area contributed by atoms with Crippen LogP contribution in [0.1, 0.15) is 56.3 Å². The van der Waals surface area contributed by atoms with E-state index < -0.39 is 10.0 Å². The van der Waals surface area contributed by atoms with Gasteiger partial charge in [0.2, 0.25) is 15.9 Å². The van der Waals surface area contributed by atoms with E-state index in [2.05, 4.69) is 26.7 Å². The second-order valence-corrected chi connectivity index (χ2v) is 9.69. The highest BCUT2D eigenvalue weighted by atomic mass is 32.2. The highest BCUT2D eigenvalue weighted by Crippen LogP contribution is 2.38. The minimum atomic E-state index is -3.40. The number of piperidine rings is 1. The normalized spacial score (nSPS) is 21.5. The Labute approximate surface area is 151 Å². The van der Waals surface area contributed by atoms with Gasteiger partial charge in [0.1, 0.15) is 4.21 Å². The summed E-state index contributed by atoms with van der Waals surface area (Å²) in [6.07, 6.45) is 3.86. The first-order chi connectivity index (χ1) is 12.0. The summed E-state index contributed by atoms with van der Waals surface area (Å²) < 4.78 is 33.3. The van der Waals surface area contributed by atoms with Gasteiger partial charge >= 0.3 is 0 Å². The lowest BCUT2D eigenvalue weighted by Gasteiger charge is -2.34. The van der Waals surface area contributed by atoms with Crippen LogP contribution in [0.4, 0.5) is 0 Å². The van der Waals surface area contributed by atoms with Gasteiger partial charge in [-0.15, -0.1) is 11.3 Å². The van der Waals surface area contributed by atoms with Crippen molar-refractivity contribution in [3.05, 3.63) is 29.2 Å². The molecule has 2 aromatic heterocycles. The molecule has 1 aliphatic carbocycles.